The minimum absolute atomic E-state index is 0.774. The second-order valence-electron chi connectivity index (χ2n) is 5.89. The van der Waals surface area contributed by atoms with Gasteiger partial charge < -0.3 is 10.1 Å². The normalized spacial score (nSPS) is 17.5. The summed E-state index contributed by atoms with van der Waals surface area (Å²) in [5, 5.41) is 8.62. The van der Waals surface area contributed by atoms with Crippen molar-refractivity contribution in [3.05, 3.63) is 16.4 Å². The van der Waals surface area contributed by atoms with Crippen LogP contribution in [0.15, 0.2) is 0 Å². The molecule has 0 spiro atoms. The molecule has 2 heterocycles. The molecule has 120 valence electrons. The number of ether oxygens (including phenoxy) is 1. The van der Waals surface area contributed by atoms with E-state index in [0.29, 0.717) is 0 Å². The Bertz CT molecular complexity index is 441. The van der Waals surface area contributed by atoms with Crippen molar-refractivity contribution in [2.75, 3.05) is 39.9 Å². The van der Waals surface area contributed by atoms with E-state index in [2.05, 4.69) is 15.3 Å². The van der Waals surface area contributed by atoms with Crippen molar-refractivity contribution in [1.29, 1.82) is 0 Å². The highest BCUT2D eigenvalue weighted by atomic mass is 35.5. The molecule has 0 bridgehead atoms. The van der Waals surface area contributed by atoms with Gasteiger partial charge in [-0.15, -0.1) is 0 Å². The zero-order chi connectivity index (χ0) is 15.2. The zero-order valence-corrected chi connectivity index (χ0v) is 14.1. The summed E-state index contributed by atoms with van der Waals surface area (Å²) in [7, 11) is 3.64. The van der Waals surface area contributed by atoms with Crippen molar-refractivity contribution in [1.82, 2.24) is 20.0 Å². The first-order valence-corrected chi connectivity index (χ1v) is 8.09. The number of piperidine rings is 1. The molecule has 1 N–H and O–H groups in total. The Morgan fingerprint density at radius 3 is 2.67 bits per heavy atom. The molecule has 0 aromatic carbocycles. The Kier molecular flexibility index (Phi) is 6.48. The van der Waals surface area contributed by atoms with Crippen LogP contribution in [0.25, 0.3) is 0 Å². The standard InChI is InChI=1S/C15H27ClN4O/c1-12-14(15(16)19(2)18-12)11-20-7-4-13(5-8-20)10-17-6-9-21-3/h13,17H,4-11H2,1-3H3. The van der Waals surface area contributed by atoms with Gasteiger partial charge in [0.25, 0.3) is 0 Å². The van der Waals surface area contributed by atoms with Gasteiger partial charge in [0.1, 0.15) is 5.15 Å². The summed E-state index contributed by atoms with van der Waals surface area (Å²) in [4.78, 5) is 2.49. The number of nitrogens with zero attached hydrogens (tertiary/aromatic N) is 3. The highest BCUT2D eigenvalue weighted by Gasteiger charge is 2.21. The third kappa shape index (κ3) is 4.68. The number of likely N-dealkylation sites (tertiary alicyclic amines) is 1. The lowest BCUT2D eigenvalue weighted by molar-refractivity contribution is 0.168. The van der Waals surface area contributed by atoms with Crippen molar-refractivity contribution in [3.8, 4) is 0 Å². The van der Waals surface area contributed by atoms with E-state index in [0.717, 1.165) is 56.1 Å². The predicted molar refractivity (Wildman–Crippen MR) is 85.7 cm³/mol. The maximum absolute atomic E-state index is 6.31. The van der Waals surface area contributed by atoms with E-state index < -0.39 is 0 Å². The highest BCUT2D eigenvalue weighted by Crippen LogP contribution is 2.23. The van der Waals surface area contributed by atoms with Crippen LogP contribution in [-0.2, 0) is 18.3 Å². The monoisotopic (exact) mass is 314 g/mol. The topological polar surface area (TPSA) is 42.3 Å². The summed E-state index contributed by atoms with van der Waals surface area (Å²) in [5.74, 6) is 0.781. The van der Waals surface area contributed by atoms with Gasteiger partial charge >= 0.3 is 0 Å². The van der Waals surface area contributed by atoms with E-state index in [1.165, 1.54) is 18.4 Å². The van der Waals surface area contributed by atoms with Crippen LogP contribution in [-0.4, -0.2) is 54.6 Å². The third-order valence-electron chi connectivity index (χ3n) is 4.27. The second kappa shape index (κ2) is 8.13. The van der Waals surface area contributed by atoms with E-state index >= 15 is 0 Å². The van der Waals surface area contributed by atoms with Gasteiger partial charge in [-0.25, -0.2) is 0 Å². The molecule has 1 aromatic heterocycles. The van der Waals surface area contributed by atoms with Crippen LogP contribution in [0.2, 0.25) is 5.15 Å². The first-order valence-electron chi connectivity index (χ1n) is 7.71. The maximum Gasteiger partial charge on any atom is 0.131 e. The number of hydrogen-bond acceptors (Lipinski definition) is 4. The molecule has 0 unspecified atom stereocenters. The molecular formula is C15H27ClN4O. The molecule has 1 aromatic rings. The predicted octanol–water partition coefficient (Wildman–Crippen LogP) is 1.83. The van der Waals surface area contributed by atoms with Gasteiger partial charge in [-0.2, -0.15) is 5.10 Å². The summed E-state index contributed by atoms with van der Waals surface area (Å²) in [5.41, 5.74) is 2.22. The Labute approximate surface area is 132 Å². The lowest BCUT2D eigenvalue weighted by atomic mass is 9.96. The molecule has 1 fully saturated rings. The molecular weight excluding hydrogens is 288 g/mol. The van der Waals surface area contributed by atoms with Crippen molar-refractivity contribution in [2.24, 2.45) is 13.0 Å². The summed E-state index contributed by atoms with van der Waals surface area (Å²) >= 11 is 6.31. The summed E-state index contributed by atoms with van der Waals surface area (Å²) < 4.78 is 6.81. The number of rotatable bonds is 7. The van der Waals surface area contributed by atoms with Crippen LogP contribution >= 0.6 is 11.6 Å². The van der Waals surface area contributed by atoms with Gasteiger partial charge in [-0.3, -0.25) is 9.58 Å². The molecule has 0 aliphatic carbocycles. The number of hydrogen-bond donors (Lipinski definition) is 1. The smallest absolute Gasteiger partial charge is 0.131 e. The van der Waals surface area contributed by atoms with E-state index in [4.69, 9.17) is 16.3 Å². The fourth-order valence-corrected chi connectivity index (χ4v) is 3.14. The van der Waals surface area contributed by atoms with Crippen LogP contribution in [0.4, 0.5) is 0 Å². The van der Waals surface area contributed by atoms with Crippen LogP contribution < -0.4 is 5.32 Å². The lowest BCUT2D eigenvalue weighted by Crippen LogP contribution is -2.37. The zero-order valence-electron chi connectivity index (χ0n) is 13.4. The molecule has 0 atom stereocenters. The van der Waals surface area contributed by atoms with Gasteiger partial charge in [0.15, 0.2) is 0 Å². The Morgan fingerprint density at radius 1 is 1.38 bits per heavy atom. The third-order valence-corrected chi connectivity index (χ3v) is 4.75. The van der Waals surface area contributed by atoms with Crippen LogP contribution in [0, 0.1) is 12.8 Å². The summed E-state index contributed by atoms with van der Waals surface area (Å²) in [6, 6.07) is 0. The fraction of sp³-hybridized carbons (Fsp3) is 0.800. The van der Waals surface area contributed by atoms with E-state index in [-0.39, 0.29) is 0 Å². The number of aromatic nitrogens is 2. The summed E-state index contributed by atoms with van der Waals surface area (Å²) in [6.45, 7) is 8.07. The van der Waals surface area contributed by atoms with E-state index in [1.54, 1.807) is 11.8 Å². The average molecular weight is 315 g/mol. The molecule has 2 rings (SSSR count). The minimum atomic E-state index is 0.774. The second-order valence-corrected chi connectivity index (χ2v) is 6.25. The molecule has 6 heteroatoms. The molecule has 1 aliphatic heterocycles. The maximum atomic E-state index is 6.31. The fourth-order valence-electron chi connectivity index (χ4n) is 2.91. The van der Waals surface area contributed by atoms with Gasteiger partial charge in [0.2, 0.25) is 0 Å². The molecule has 21 heavy (non-hydrogen) atoms. The van der Waals surface area contributed by atoms with Gasteiger partial charge in [-0.05, 0) is 45.3 Å². The van der Waals surface area contributed by atoms with Crippen molar-refractivity contribution < 1.29 is 4.74 Å². The Balaban J connectivity index is 1.74. The number of halogens is 1. The molecule has 0 radical (unpaired) electrons. The van der Waals surface area contributed by atoms with Crippen LogP contribution in [0.5, 0.6) is 0 Å². The van der Waals surface area contributed by atoms with Gasteiger partial charge in [0, 0.05) is 32.8 Å². The number of methoxy groups -OCH3 is 1. The molecule has 0 saturated carbocycles. The highest BCUT2D eigenvalue weighted by molar-refractivity contribution is 6.30. The van der Waals surface area contributed by atoms with Gasteiger partial charge in [0.05, 0.1) is 12.3 Å². The first kappa shape index (κ1) is 16.7. The largest absolute Gasteiger partial charge is 0.383 e. The number of aryl methyl sites for hydroxylation is 2. The molecule has 5 nitrogen and oxygen atoms in total. The van der Waals surface area contributed by atoms with Crippen LogP contribution in [0.1, 0.15) is 24.1 Å². The van der Waals surface area contributed by atoms with Crippen molar-refractivity contribution in [3.63, 3.8) is 0 Å². The minimum Gasteiger partial charge on any atom is -0.383 e. The Morgan fingerprint density at radius 2 is 2.10 bits per heavy atom. The first-order chi connectivity index (χ1) is 10.1. The van der Waals surface area contributed by atoms with E-state index in [1.807, 2.05) is 14.0 Å². The SMILES string of the molecule is COCCNCC1CCN(Cc2c(C)nn(C)c2Cl)CC1. The quantitative estimate of drug-likeness (QED) is 0.780. The summed E-state index contributed by atoms with van der Waals surface area (Å²) in [6.07, 6.45) is 2.49. The van der Waals surface area contributed by atoms with E-state index in [9.17, 15) is 0 Å². The van der Waals surface area contributed by atoms with Crippen molar-refractivity contribution >= 4 is 11.6 Å². The average Bonchev–Trinajstić information content (AvgIpc) is 2.72. The molecule has 1 aliphatic rings. The lowest BCUT2D eigenvalue weighted by Gasteiger charge is -2.32. The van der Waals surface area contributed by atoms with Gasteiger partial charge in [-0.1, -0.05) is 11.6 Å². The van der Waals surface area contributed by atoms with Crippen LogP contribution in [0.3, 0.4) is 0 Å². The molecule has 0 amide bonds. The Hall–Kier alpha value is -0.620. The van der Waals surface area contributed by atoms with Crippen molar-refractivity contribution in [2.45, 2.75) is 26.3 Å². The number of nitrogens with one attached hydrogen (secondary N) is 1. The molecule has 1 saturated heterocycles.